The number of nitrogens with two attached hydrogens (primary N) is 1. The predicted molar refractivity (Wildman–Crippen MR) is 166 cm³/mol. The van der Waals surface area contributed by atoms with E-state index in [1.54, 1.807) is 42.5 Å². The average molecular weight is 613 g/mol. The second-order valence-electron chi connectivity index (χ2n) is 7.74. The summed E-state index contributed by atoms with van der Waals surface area (Å²) < 4.78 is 12.6. The third kappa shape index (κ3) is 12.0. The van der Waals surface area contributed by atoms with Crippen LogP contribution in [0.25, 0.3) is 9.69 Å². The van der Waals surface area contributed by atoms with Crippen LogP contribution in [0.1, 0.15) is 18.6 Å². The molecule has 0 aliphatic rings. The van der Waals surface area contributed by atoms with Gasteiger partial charge in [0.1, 0.15) is 5.69 Å². The normalized spacial score (nSPS) is 8.98. The van der Waals surface area contributed by atoms with E-state index in [0.717, 1.165) is 23.3 Å². The van der Waals surface area contributed by atoms with Gasteiger partial charge in [-0.1, -0.05) is 79.7 Å². The van der Waals surface area contributed by atoms with Gasteiger partial charge in [-0.2, -0.15) is 4.39 Å². The van der Waals surface area contributed by atoms with Crippen molar-refractivity contribution in [3.8, 4) is 0 Å². The Morgan fingerprint density at radius 3 is 1.76 bits per heavy atom. The van der Waals surface area contributed by atoms with Crippen LogP contribution in [0.15, 0.2) is 91.0 Å². The molecule has 4 rings (SSSR count). The van der Waals surface area contributed by atoms with Crippen LogP contribution in [0.3, 0.4) is 0 Å². The maximum Gasteiger partial charge on any atom is 0.304 e. The van der Waals surface area contributed by atoms with Crippen LogP contribution >= 0.6 is 24.0 Å². The fourth-order valence-electron chi connectivity index (χ4n) is 3.00. The molecular formula is C29H27Cl2FN6O4. The Morgan fingerprint density at radius 2 is 1.31 bits per heavy atom. The van der Waals surface area contributed by atoms with Crippen molar-refractivity contribution in [2.24, 2.45) is 5.73 Å². The van der Waals surface area contributed by atoms with Gasteiger partial charge in [0.15, 0.2) is 11.4 Å². The van der Waals surface area contributed by atoms with Gasteiger partial charge in [-0.05, 0) is 29.3 Å². The van der Waals surface area contributed by atoms with Crippen LogP contribution in [0.5, 0.6) is 0 Å². The maximum atomic E-state index is 12.6. The molecule has 0 fully saturated rings. The van der Waals surface area contributed by atoms with Gasteiger partial charge in [0, 0.05) is 30.2 Å². The molecule has 4 aromatic carbocycles. The van der Waals surface area contributed by atoms with Gasteiger partial charge in [-0.25, -0.2) is 9.69 Å². The number of halogens is 3. The quantitative estimate of drug-likeness (QED) is 0.127. The molecule has 10 nitrogen and oxygen atoms in total. The monoisotopic (exact) mass is 612 g/mol. The molecule has 0 unspecified atom stereocenters. The first-order chi connectivity index (χ1) is 19.2. The number of para-hydroxylation sites is 2. The summed E-state index contributed by atoms with van der Waals surface area (Å²) in [7, 11) is 0. The van der Waals surface area contributed by atoms with Crippen molar-refractivity contribution in [1.29, 1.82) is 0 Å². The molecule has 0 aromatic heterocycles. The number of nitrogens with zero attached hydrogens (tertiary/aromatic N) is 4. The largest absolute Gasteiger partial charge is 0.375 e. The molecule has 0 aliphatic carbocycles. The molecule has 0 radical (unpaired) electrons. The lowest BCUT2D eigenvalue weighted by Crippen LogP contribution is -2.02. The lowest BCUT2D eigenvalue weighted by atomic mass is 10.2. The Labute approximate surface area is 253 Å². The third-order valence-electron chi connectivity index (χ3n) is 5.06. The highest BCUT2D eigenvalue weighted by molar-refractivity contribution is 6.30. The van der Waals surface area contributed by atoms with E-state index in [4.69, 9.17) is 30.5 Å². The second-order valence-corrected chi connectivity index (χ2v) is 8.18. The summed E-state index contributed by atoms with van der Waals surface area (Å²) in [6.07, 6.45) is 0. The zero-order chi connectivity index (χ0) is 29.5. The molecular weight excluding hydrogens is 586 g/mol. The first-order valence-electron chi connectivity index (χ1n) is 11.4. The Morgan fingerprint density at radius 1 is 0.810 bits per heavy atom. The zero-order valence-electron chi connectivity index (χ0n) is 21.2. The SMILES string of the molecule is C.Cl.O=[N+]([O-])c1ccc(Cl)cc1F.[C-]#[N+]c1ccc(CN)cc1.[C-]#[N+]c1ccc(CNc2ccccc2[N+](=O)[O-])cc1. The van der Waals surface area contributed by atoms with Crippen molar-refractivity contribution < 1.29 is 14.2 Å². The minimum atomic E-state index is -0.914. The van der Waals surface area contributed by atoms with E-state index < -0.39 is 21.4 Å². The molecule has 3 N–H and O–H groups in total. The second kappa shape index (κ2) is 19.1. The van der Waals surface area contributed by atoms with E-state index >= 15 is 0 Å². The zero-order valence-corrected chi connectivity index (χ0v) is 22.8. The predicted octanol–water partition coefficient (Wildman–Crippen LogP) is 8.90. The van der Waals surface area contributed by atoms with Crippen LogP contribution in [-0.4, -0.2) is 9.85 Å². The molecule has 0 bridgehead atoms. The summed E-state index contributed by atoms with van der Waals surface area (Å²) in [5.74, 6) is -0.914. The molecule has 42 heavy (non-hydrogen) atoms. The molecule has 13 heteroatoms. The number of nitro groups is 2. The molecule has 218 valence electrons. The van der Waals surface area contributed by atoms with E-state index in [2.05, 4.69) is 15.0 Å². The number of benzene rings is 4. The lowest BCUT2D eigenvalue weighted by Gasteiger charge is -2.07. The van der Waals surface area contributed by atoms with Crippen molar-refractivity contribution in [2.45, 2.75) is 20.5 Å². The van der Waals surface area contributed by atoms with E-state index in [9.17, 15) is 24.6 Å². The molecule has 0 amide bonds. The van der Waals surface area contributed by atoms with Crippen molar-refractivity contribution in [2.75, 3.05) is 5.32 Å². The van der Waals surface area contributed by atoms with Crippen LogP contribution in [0.2, 0.25) is 5.02 Å². The van der Waals surface area contributed by atoms with Crippen molar-refractivity contribution in [1.82, 2.24) is 0 Å². The van der Waals surface area contributed by atoms with Crippen molar-refractivity contribution >= 4 is 52.4 Å². The van der Waals surface area contributed by atoms with Gasteiger partial charge in [0.05, 0.1) is 23.0 Å². The number of rotatable bonds is 6. The fourth-order valence-corrected chi connectivity index (χ4v) is 3.16. The Bertz CT molecular complexity index is 1540. The summed E-state index contributed by atoms with van der Waals surface area (Å²) in [4.78, 5) is 26.3. The Kier molecular flexibility index (Phi) is 16.8. The number of hydrogen-bond acceptors (Lipinski definition) is 6. The average Bonchev–Trinajstić information content (AvgIpc) is 2.97. The molecule has 0 saturated heterocycles. The van der Waals surface area contributed by atoms with Crippen molar-refractivity contribution in [3.63, 3.8) is 0 Å². The van der Waals surface area contributed by atoms with E-state index in [1.165, 1.54) is 12.1 Å². The summed E-state index contributed by atoms with van der Waals surface area (Å²) >= 11 is 5.36. The van der Waals surface area contributed by atoms with Gasteiger partial charge >= 0.3 is 5.69 Å². The maximum absolute atomic E-state index is 12.6. The summed E-state index contributed by atoms with van der Waals surface area (Å²) in [6.45, 7) is 14.5. The minimum absolute atomic E-state index is 0. The standard InChI is InChI=1S/C14H11N3O2.C8H8N2.C6H3ClFNO2.CH4.ClH/c1-15-12-8-6-11(7-9-12)10-16-13-4-2-3-5-14(13)17(18)19;1-10-8-4-2-7(6-9)3-5-8;7-4-1-2-6(9(10)11)5(8)3-4;;/h2-9,16H,10H2;2-5H,6,9H2;1-3H;1H4;1H. The molecule has 0 aliphatic heterocycles. The lowest BCUT2D eigenvalue weighted by molar-refractivity contribution is -0.387. The summed E-state index contributed by atoms with van der Waals surface area (Å²) in [5, 5.41) is 24.1. The van der Waals surface area contributed by atoms with Gasteiger partial charge in [-0.15, -0.1) is 12.4 Å². The third-order valence-corrected chi connectivity index (χ3v) is 5.29. The number of nitro benzene ring substituents is 2. The summed E-state index contributed by atoms with van der Waals surface area (Å²) in [5.41, 5.74) is 8.61. The minimum Gasteiger partial charge on any atom is -0.375 e. The number of hydrogen-bond donors (Lipinski definition) is 2. The van der Waals surface area contributed by atoms with E-state index in [1.807, 2.05) is 24.3 Å². The Hall–Kier alpha value is -5.07. The first-order valence-corrected chi connectivity index (χ1v) is 11.8. The molecule has 0 saturated carbocycles. The molecule has 0 heterocycles. The topological polar surface area (TPSA) is 133 Å². The van der Waals surface area contributed by atoms with E-state index in [0.29, 0.717) is 30.2 Å². The number of anilines is 1. The van der Waals surface area contributed by atoms with Crippen molar-refractivity contribution in [3.05, 3.63) is 156 Å². The highest BCUT2D eigenvalue weighted by Gasteiger charge is 2.13. The van der Waals surface area contributed by atoms with E-state index in [-0.39, 0.29) is 30.5 Å². The van der Waals surface area contributed by atoms with Crippen LogP contribution < -0.4 is 11.1 Å². The van der Waals surface area contributed by atoms with Crippen LogP contribution in [-0.2, 0) is 13.1 Å². The number of nitrogens with one attached hydrogen (secondary N) is 1. The van der Waals surface area contributed by atoms with Gasteiger partial charge in [0.2, 0.25) is 5.82 Å². The smallest absolute Gasteiger partial charge is 0.304 e. The van der Waals surface area contributed by atoms with Gasteiger partial charge in [-0.3, -0.25) is 20.2 Å². The molecule has 0 spiro atoms. The highest BCUT2D eigenvalue weighted by Crippen LogP contribution is 2.24. The summed E-state index contributed by atoms with van der Waals surface area (Å²) in [6, 6.07) is 24.1. The highest BCUT2D eigenvalue weighted by atomic mass is 35.5. The van der Waals surface area contributed by atoms with Gasteiger partial charge in [0.25, 0.3) is 5.69 Å². The fraction of sp³-hybridized carbons (Fsp3) is 0.103. The molecule has 0 atom stereocenters. The Balaban J connectivity index is 0.000000630. The molecule has 4 aromatic rings. The van der Waals surface area contributed by atoms with Gasteiger partial charge < -0.3 is 11.1 Å². The van der Waals surface area contributed by atoms with Crippen LogP contribution in [0.4, 0.5) is 32.8 Å². The van der Waals surface area contributed by atoms with Crippen LogP contribution in [0, 0.1) is 39.2 Å². The first kappa shape index (κ1) is 36.9.